The van der Waals surface area contributed by atoms with E-state index in [1.54, 1.807) is 0 Å². The number of aliphatic imine (C=N–C) groups is 1. The molecule has 0 aliphatic rings. The van der Waals surface area contributed by atoms with Crippen LogP contribution in [0, 0.1) is 0 Å². The Balaban J connectivity index is 1.17. The van der Waals surface area contributed by atoms with Crippen molar-refractivity contribution in [3.8, 4) is 11.1 Å². The fourth-order valence-corrected chi connectivity index (χ4v) is 8.37. The van der Waals surface area contributed by atoms with Crippen LogP contribution in [0.2, 0.25) is 0 Å². The molecule has 2 atom stereocenters. The van der Waals surface area contributed by atoms with E-state index in [4.69, 9.17) is 10.7 Å². The number of benzene rings is 10. The van der Waals surface area contributed by atoms with Gasteiger partial charge in [-0.3, -0.25) is 10.3 Å². The maximum absolute atomic E-state index is 7.18. The molecule has 10 rings (SSSR count). The second-order valence-electron chi connectivity index (χ2n) is 14.1. The van der Waals surface area contributed by atoms with E-state index in [1.165, 1.54) is 59.2 Å². The van der Waals surface area contributed by atoms with Gasteiger partial charge in [0.25, 0.3) is 0 Å². The second kappa shape index (κ2) is 13.4. The smallest absolute Gasteiger partial charge is 0.127 e. The van der Waals surface area contributed by atoms with Gasteiger partial charge in [0.2, 0.25) is 0 Å². The standard InChI is InChI=1S/C51H37N3/c52-50(46-25-13-8-18-37(46)33-14-2-1-3-15-33)54-51(36-27-29-44-42-23-10-9-21-40(42)41-22-11-12-24-43(41)48(44)31-36)53-32-49-39-20-7-5-17-35(39)30-47-38-19-6-4-16-34(38)26-28-45(47)49/h1-32,50-51,54H,52H2. The van der Waals surface area contributed by atoms with Crippen molar-refractivity contribution in [3.05, 3.63) is 205 Å². The van der Waals surface area contributed by atoms with Crippen LogP contribution in [0.15, 0.2) is 193 Å². The van der Waals surface area contributed by atoms with Crippen molar-refractivity contribution in [2.45, 2.75) is 12.3 Å². The van der Waals surface area contributed by atoms with Gasteiger partial charge in [-0.2, -0.15) is 0 Å². The maximum atomic E-state index is 7.18. The summed E-state index contributed by atoms with van der Waals surface area (Å²) in [5, 5.41) is 18.4. The summed E-state index contributed by atoms with van der Waals surface area (Å²) in [6.07, 6.45) is 1.11. The average molecular weight is 692 g/mol. The minimum Gasteiger partial charge on any atom is -0.312 e. The summed E-state index contributed by atoms with van der Waals surface area (Å²) in [4.78, 5) is 5.45. The molecule has 256 valence electrons. The van der Waals surface area contributed by atoms with Crippen molar-refractivity contribution < 1.29 is 0 Å². The summed E-state index contributed by atoms with van der Waals surface area (Å²) in [7, 11) is 0. The zero-order valence-corrected chi connectivity index (χ0v) is 29.7. The molecule has 0 amide bonds. The first-order valence-electron chi connectivity index (χ1n) is 18.6. The van der Waals surface area contributed by atoms with Gasteiger partial charge in [-0.1, -0.05) is 176 Å². The van der Waals surface area contributed by atoms with E-state index in [9.17, 15) is 0 Å². The first kappa shape index (κ1) is 32.0. The summed E-state index contributed by atoms with van der Waals surface area (Å²) in [5.41, 5.74) is 12.6. The number of hydrogen-bond donors (Lipinski definition) is 2. The number of nitrogens with zero attached hydrogens (tertiary/aromatic N) is 1. The summed E-state index contributed by atoms with van der Waals surface area (Å²) in [6, 6.07) is 67.0. The molecule has 0 aliphatic carbocycles. The van der Waals surface area contributed by atoms with Crippen molar-refractivity contribution in [3.63, 3.8) is 0 Å². The zero-order chi connectivity index (χ0) is 36.0. The lowest BCUT2D eigenvalue weighted by molar-refractivity contribution is 0.468. The van der Waals surface area contributed by atoms with Crippen LogP contribution in [0.25, 0.3) is 75.8 Å². The SMILES string of the molecule is NC(NC(N=Cc1c2ccccc2cc2c1ccc1ccccc12)c1ccc2c3ccccc3c3ccccc3c2c1)c1ccccc1-c1ccccc1. The van der Waals surface area contributed by atoms with Crippen LogP contribution in [0.1, 0.15) is 29.0 Å². The first-order valence-corrected chi connectivity index (χ1v) is 18.6. The molecule has 0 spiro atoms. The van der Waals surface area contributed by atoms with E-state index in [-0.39, 0.29) is 0 Å². The van der Waals surface area contributed by atoms with Gasteiger partial charge in [0.05, 0.1) is 6.17 Å². The van der Waals surface area contributed by atoms with E-state index < -0.39 is 12.3 Å². The lowest BCUT2D eigenvalue weighted by Crippen LogP contribution is -2.32. The summed E-state index contributed by atoms with van der Waals surface area (Å²) in [5.74, 6) is 0. The first-order chi connectivity index (χ1) is 26.7. The lowest BCUT2D eigenvalue weighted by Gasteiger charge is -2.24. The molecule has 3 N–H and O–H groups in total. The van der Waals surface area contributed by atoms with Gasteiger partial charge in [0.15, 0.2) is 0 Å². The predicted molar refractivity (Wildman–Crippen MR) is 230 cm³/mol. The Morgan fingerprint density at radius 2 is 0.963 bits per heavy atom. The normalized spacial score (nSPS) is 13.1. The molecule has 54 heavy (non-hydrogen) atoms. The molecule has 0 saturated carbocycles. The fraction of sp³-hybridized carbons (Fsp3) is 0.0392. The van der Waals surface area contributed by atoms with Crippen LogP contribution in [0.4, 0.5) is 0 Å². The Kier molecular flexibility index (Phi) is 7.95. The Morgan fingerprint density at radius 1 is 0.426 bits per heavy atom. The lowest BCUT2D eigenvalue weighted by atomic mass is 9.92. The molecule has 0 aliphatic heterocycles. The van der Waals surface area contributed by atoms with Crippen molar-refractivity contribution in [2.75, 3.05) is 0 Å². The molecule has 0 heterocycles. The Labute approximate surface area is 314 Å². The van der Waals surface area contributed by atoms with E-state index >= 15 is 0 Å². The Bertz CT molecular complexity index is 3020. The molecule has 10 aromatic rings. The average Bonchev–Trinajstić information content (AvgIpc) is 3.24. The third-order valence-corrected chi connectivity index (χ3v) is 11.0. The molecule has 0 bridgehead atoms. The van der Waals surface area contributed by atoms with Gasteiger partial charge >= 0.3 is 0 Å². The van der Waals surface area contributed by atoms with Crippen molar-refractivity contribution in [1.82, 2.24) is 5.32 Å². The highest BCUT2D eigenvalue weighted by atomic mass is 15.1. The molecule has 0 fully saturated rings. The van der Waals surface area contributed by atoms with Crippen LogP contribution in [-0.4, -0.2) is 6.21 Å². The molecular formula is C51H37N3. The molecule has 0 aromatic heterocycles. The highest BCUT2D eigenvalue weighted by molar-refractivity contribution is 6.25. The number of rotatable bonds is 7. The second-order valence-corrected chi connectivity index (χ2v) is 14.1. The molecule has 0 radical (unpaired) electrons. The highest BCUT2D eigenvalue weighted by Gasteiger charge is 2.20. The summed E-state index contributed by atoms with van der Waals surface area (Å²) >= 11 is 0. The van der Waals surface area contributed by atoms with Crippen LogP contribution in [0.3, 0.4) is 0 Å². The van der Waals surface area contributed by atoms with Crippen LogP contribution < -0.4 is 11.1 Å². The van der Waals surface area contributed by atoms with Gasteiger partial charge in [0.1, 0.15) is 6.17 Å². The third kappa shape index (κ3) is 5.50. The van der Waals surface area contributed by atoms with E-state index in [0.717, 1.165) is 33.2 Å². The van der Waals surface area contributed by atoms with Gasteiger partial charge in [-0.25, -0.2) is 0 Å². The van der Waals surface area contributed by atoms with Crippen LogP contribution in [-0.2, 0) is 0 Å². The largest absolute Gasteiger partial charge is 0.312 e. The van der Waals surface area contributed by atoms with E-state index in [1.807, 2.05) is 6.07 Å². The summed E-state index contributed by atoms with van der Waals surface area (Å²) in [6.45, 7) is 0. The maximum Gasteiger partial charge on any atom is 0.127 e. The highest BCUT2D eigenvalue weighted by Crippen LogP contribution is 2.38. The third-order valence-electron chi connectivity index (χ3n) is 11.0. The van der Waals surface area contributed by atoms with E-state index in [0.29, 0.717) is 0 Å². The minimum atomic E-state index is -0.499. The van der Waals surface area contributed by atoms with Crippen LogP contribution >= 0.6 is 0 Å². The molecule has 10 aromatic carbocycles. The monoisotopic (exact) mass is 691 g/mol. The van der Waals surface area contributed by atoms with Gasteiger partial charge in [0, 0.05) is 11.8 Å². The number of nitrogens with two attached hydrogens (primary N) is 1. The molecule has 3 nitrogen and oxygen atoms in total. The zero-order valence-electron chi connectivity index (χ0n) is 29.7. The van der Waals surface area contributed by atoms with Crippen LogP contribution in [0.5, 0.6) is 0 Å². The number of nitrogens with one attached hydrogen (secondary N) is 1. The van der Waals surface area contributed by atoms with Crippen molar-refractivity contribution in [1.29, 1.82) is 0 Å². The van der Waals surface area contributed by atoms with Gasteiger partial charge in [-0.05, 0) is 99.0 Å². The quantitative estimate of drug-likeness (QED) is 0.0756. The minimum absolute atomic E-state index is 0.451. The summed E-state index contributed by atoms with van der Waals surface area (Å²) < 4.78 is 0. The van der Waals surface area contributed by atoms with Crippen molar-refractivity contribution in [2.24, 2.45) is 10.7 Å². The Hall–Kier alpha value is -6.65. The molecular weight excluding hydrogens is 655 g/mol. The van der Waals surface area contributed by atoms with Crippen molar-refractivity contribution >= 4 is 70.8 Å². The number of hydrogen-bond acceptors (Lipinski definition) is 3. The molecule has 0 saturated heterocycles. The van der Waals surface area contributed by atoms with Gasteiger partial charge in [-0.15, -0.1) is 0 Å². The fourth-order valence-electron chi connectivity index (χ4n) is 8.37. The molecule has 3 heteroatoms. The molecule has 2 unspecified atom stereocenters. The van der Waals surface area contributed by atoms with E-state index in [2.05, 4.69) is 194 Å². The number of fused-ring (bicyclic) bond motifs is 10. The van der Waals surface area contributed by atoms with Gasteiger partial charge < -0.3 is 5.73 Å². The predicted octanol–water partition coefficient (Wildman–Crippen LogP) is 12.6. The Morgan fingerprint density at radius 3 is 1.70 bits per heavy atom. The topological polar surface area (TPSA) is 50.4 Å².